The molecule has 0 spiro atoms. The minimum absolute atomic E-state index is 0.778. The van der Waals surface area contributed by atoms with Crippen LogP contribution in [0.5, 0.6) is 0 Å². The van der Waals surface area contributed by atoms with E-state index in [0.717, 1.165) is 14.0 Å². The van der Waals surface area contributed by atoms with Gasteiger partial charge in [-0.3, -0.25) is 0 Å². The van der Waals surface area contributed by atoms with Crippen LogP contribution in [0, 0.1) is 0 Å². The molecule has 0 radical (unpaired) electrons. The van der Waals surface area contributed by atoms with Crippen LogP contribution in [0.3, 0.4) is 0 Å². The van der Waals surface area contributed by atoms with Crippen molar-refractivity contribution >= 4 is 20.6 Å². The molecule has 0 saturated heterocycles. The van der Waals surface area contributed by atoms with E-state index < -0.39 is 0 Å². The zero-order valence-corrected chi connectivity index (χ0v) is 20.6. The molecule has 0 fully saturated rings. The fourth-order valence-corrected chi connectivity index (χ4v) is 3.13. The van der Waals surface area contributed by atoms with Gasteiger partial charge in [0.1, 0.15) is 9.55 Å². The van der Waals surface area contributed by atoms with Crippen LogP contribution in [0.1, 0.15) is 110 Å². The molecular formula is C21H49ClNSi+. The highest BCUT2D eigenvalue weighted by Crippen LogP contribution is 2.13. The second-order valence-corrected chi connectivity index (χ2v) is 8.32. The quantitative estimate of drug-likeness (QED) is 0.118. The molecule has 0 aliphatic heterocycles. The van der Waals surface area contributed by atoms with Crippen molar-refractivity contribution in [3.8, 4) is 0 Å². The summed E-state index contributed by atoms with van der Waals surface area (Å²) < 4.78 is 1.12. The molecule has 0 rings (SSSR count). The molecule has 0 aromatic rings. The van der Waals surface area contributed by atoms with Crippen LogP contribution in [-0.4, -0.2) is 41.7 Å². The molecule has 0 bridgehead atoms. The first-order valence-corrected chi connectivity index (χ1v) is 13.8. The lowest BCUT2D eigenvalue weighted by Crippen LogP contribution is -2.35. The Balaban J connectivity index is 0. The number of rotatable bonds is 17. The molecule has 1 nitrogen and oxygen atoms in total. The molecule has 0 heterocycles. The highest BCUT2D eigenvalue weighted by molar-refractivity contribution is 6.80. The van der Waals surface area contributed by atoms with Crippen molar-refractivity contribution in [2.45, 2.75) is 110 Å². The fourth-order valence-electron chi connectivity index (χ4n) is 3.13. The molecule has 0 N–H and O–H groups in total. The summed E-state index contributed by atoms with van der Waals surface area (Å²) in [7, 11) is 7.67. The maximum atomic E-state index is 4.78. The molecular weight excluding hydrogens is 330 g/mol. The van der Waals surface area contributed by atoms with Crippen LogP contribution in [-0.2, 0) is 0 Å². The summed E-state index contributed by atoms with van der Waals surface area (Å²) in [5.74, 6) is 0. The molecule has 0 aliphatic carbocycles. The highest BCUT2D eigenvalue weighted by Gasteiger charge is 2.04. The van der Waals surface area contributed by atoms with Crippen LogP contribution in [0.15, 0.2) is 0 Å². The highest BCUT2D eigenvalue weighted by atomic mass is 35.6. The maximum Gasteiger partial charge on any atom is 0.109 e. The van der Waals surface area contributed by atoms with Crippen molar-refractivity contribution in [2.75, 3.05) is 27.7 Å². The predicted octanol–water partition coefficient (Wildman–Crippen LogP) is 6.46. The molecule has 0 atom stereocenters. The van der Waals surface area contributed by atoms with E-state index in [1.807, 2.05) is 0 Å². The Labute approximate surface area is 162 Å². The van der Waals surface area contributed by atoms with E-state index in [1.165, 1.54) is 109 Å². The molecule has 0 saturated carbocycles. The summed E-state index contributed by atoms with van der Waals surface area (Å²) in [5, 5.41) is 0. The monoisotopic (exact) mass is 378 g/mol. The second-order valence-electron chi connectivity index (χ2n) is 8.32. The van der Waals surface area contributed by atoms with E-state index in [2.05, 4.69) is 28.1 Å². The summed E-state index contributed by atoms with van der Waals surface area (Å²) in [6, 6.07) is 0. The van der Waals surface area contributed by atoms with Gasteiger partial charge in [0.15, 0.2) is 0 Å². The topological polar surface area (TPSA) is 0 Å². The van der Waals surface area contributed by atoms with Crippen LogP contribution in [0.2, 0.25) is 0 Å². The van der Waals surface area contributed by atoms with E-state index in [9.17, 15) is 0 Å². The Bertz CT molecular complexity index is 216. The molecule has 24 heavy (non-hydrogen) atoms. The largest absolute Gasteiger partial charge is 0.331 e. The van der Waals surface area contributed by atoms with Gasteiger partial charge in [-0.05, 0) is 12.8 Å². The lowest BCUT2D eigenvalue weighted by atomic mass is 10.0. The van der Waals surface area contributed by atoms with E-state index >= 15 is 0 Å². The molecule has 0 amide bonds. The Morgan fingerprint density at radius 1 is 0.500 bits per heavy atom. The normalized spacial score (nSPS) is 11.4. The summed E-state index contributed by atoms with van der Waals surface area (Å²) in [4.78, 5) is 0. The van der Waals surface area contributed by atoms with Gasteiger partial charge in [-0.25, -0.2) is 0 Å². The van der Waals surface area contributed by atoms with Crippen molar-refractivity contribution in [1.82, 2.24) is 0 Å². The van der Waals surface area contributed by atoms with Crippen molar-refractivity contribution in [2.24, 2.45) is 0 Å². The third-order valence-electron chi connectivity index (χ3n) is 4.68. The van der Waals surface area contributed by atoms with E-state index in [-0.39, 0.29) is 0 Å². The first-order chi connectivity index (χ1) is 11.6. The minimum atomic E-state index is 0.778. The predicted molar refractivity (Wildman–Crippen MR) is 118 cm³/mol. The Morgan fingerprint density at radius 3 is 1.00 bits per heavy atom. The van der Waals surface area contributed by atoms with Gasteiger partial charge in [0.05, 0.1) is 27.7 Å². The van der Waals surface area contributed by atoms with E-state index in [4.69, 9.17) is 11.1 Å². The van der Waals surface area contributed by atoms with Gasteiger partial charge in [0.2, 0.25) is 0 Å². The maximum absolute atomic E-state index is 4.78. The van der Waals surface area contributed by atoms with Gasteiger partial charge in [-0.15, -0.1) is 0 Å². The van der Waals surface area contributed by atoms with Crippen molar-refractivity contribution in [3.05, 3.63) is 0 Å². The lowest BCUT2D eigenvalue weighted by Gasteiger charge is -2.23. The number of hydrogen-bond donors (Lipinski definition) is 0. The van der Waals surface area contributed by atoms with Gasteiger partial charge in [-0.2, -0.15) is 11.1 Å². The fraction of sp³-hybridized carbons (Fsp3) is 1.00. The smallest absolute Gasteiger partial charge is 0.109 e. The molecule has 0 aromatic carbocycles. The molecule has 148 valence electrons. The SMILES string of the molecule is CCCCCCCCCCCCCCCCCC[N+](C)(C)C.[SiH3]Cl. The van der Waals surface area contributed by atoms with E-state index in [0.29, 0.717) is 0 Å². The van der Waals surface area contributed by atoms with Gasteiger partial charge >= 0.3 is 0 Å². The lowest BCUT2D eigenvalue weighted by molar-refractivity contribution is -0.870. The molecule has 0 aliphatic rings. The van der Waals surface area contributed by atoms with Crippen LogP contribution >= 0.6 is 11.1 Å². The number of halogens is 1. The summed E-state index contributed by atoms with van der Waals surface area (Å²) in [5.41, 5.74) is 0. The first kappa shape index (κ1) is 26.7. The average Bonchev–Trinajstić information content (AvgIpc) is 2.55. The Morgan fingerprint density at radius 2 is 0.750 bits per heavy atom. The Kier molecular flexibility index (Phi) is 23.9. The van der Waals surface area contributed by atoms with Crippen molar-refractivity contribution in [1.29, 1.82) is 0 Å². The third kappa shape index (κ3) is 27.3. The standard InChI is InChI=1S/C21H46N.ClH3Si/c1-5-6-7-8-9-10-11-12-13-14-15-16-17-18-19-20-21-22(2,3)4;1-2/h5-21H2,1-4H3;2H3/q+1;. The number of nitrogens with zero attached hydrogens (tertiary/aromatic N) is 1. The van der Waals surface area contributed by atoms with Gasteiger partial charge in [0.25, 0.3) is 0 Å². The molecule has 0 unspecified atom stereocenters. The number of quaternary nitrogens is 1. The molecule has 3 heteroatoms. The van der Waals surface area contributed by atoms with Crippen LogP contribution in [0.4, 0.5) is 0 Å². The van der Waals surface area contributed by atoms with Crippen LogP contribution < -0.4 is 0 Å². The minimum Gasteiger partial charge on any atom is -0.331 e. The number of unbranched alkanes of at least 4 members (excludes halogenated alkanes) is 15. The summed E-state index contributed by atoms with van der Waals surface area (Å²) >= 11 is 4.78. The number of hydrogen-bond acceptors (Lipinski definition) is 0. The summed E-state index contributed by atoms with van der Waals surface area (Å²) in [6.07, 6.45) is 23.4. The first-order valence-electron chi connectivity index (χ1n) is 10.7. The van der Waals surface area contributed by atoms with Gasteiger partial charge < -0.3 is 4.48 Å². The summed E-state index contributed by atoms with van der Waals surface area (Å²) in [6.45, 7) is 3.63. The van der Waals surface area contributed by atoms with Gasteiger partial charge in [-0.1, -0.05) is 96.8 Å². The van der Waals surface area contributed by atoms with Crippen molar-refractivity contribution < 1.29 is 4.48 Å². The molecule has 0 aromatic heterocycles. The zero-order valence-electron chi connectivity index (χ0n) is 17.8. The van der Waals surface area contributed by atoms with Gasteiger partial charge in [0, 0.05) is 0 Å². The second kappa shape index (κ2) is 21.5. The van der Waals surface area contributed by atoms with E-state index in [1.54, 1.807) is 0 Å². The van der Waals surface area contributed by atoms with Crippen LogP contribution in [0.25, 0.3) is 0 Å². The average molecular weight is 379 g/mol. The van der Waals surface area contributed by atoms with Crippen molar-refractivity contribution in [3.63, 3.8) is 0 Å². The Hall–Kier alpha value is 0.467. The third-order valence-corrected chi connectivity index (χ3v) is 4.68. The zero-order chi connectivity index (χ0) is 18.5.